The summed E-state index contributed by atoms with van der Waals surface area (Å²) in [4.78, 5) is 2.31. The van der Waals surface area contributed by atoms with Gasteiger partial charge in [-0.3, -0.25) is 5.10 Å². The molecule has 0 amide bonds. The van der Waals surface area contributed by atoms with Gasteiger partial charge in [0.15, 0.2) is 11.5 Å². The summed E-state index contributed by atoms with van der Waals surface area (Å²) in [6, 6.07) is 5.94. The lowest BCUT2D eigenvalue weighted by Gasteiger charge is -2.22. The molecule has 1 aromatic heterocycles. The van der Waals surface area contributed by atoms with E-state index in [9.17, 15) is 0 Å². The van der Waals surface area contributed by atoms with Gasteiger partial charge in [0.25, 0.3) is 0 Å². The molecule has 0 spiro atoms. The van der Waals surface area contributed by atoms with E-state index in [0.29, 0.717) is 6.61 Å². The van der Waals surface area contributed by atoms with Crippen LogP contribution in [0.3, 0.4) is 0 Å². The normalized spacial score (nSPS) is 14.8. The lowest BCUT2D eigenvalue weighted by molar-refractivity contribution is 0.310. The van der Waals surface area contributed by atoms with Crippen molar-refractivity contribution in [1.82, 2.24) is 15.1 Å². The van der Waals surface area contributed by atoms with E-state index >= 15 is 0 Å². The number of rotatable bonds is 4. The van der Waals surface area contributed by atoms with Gasteiger partial charge < -0.3 is 14.4 Å². The number of H-pyrrole nitrogens is 1. The van der Waals surface area contributed by atoms with Crippen molar-refractivity contribution in [2.75, 3.05) is 27.3 Å². The van der Waals surface area contributed by atoms with Gasteiger partial charge in [0.1, 0.15) is 5.69 Å². The summed E-state index contributed by atoms with van der Waals surface area (Å²) < 4.78 is 11.2. The molecule has 3 rings (SSSR count). The molecule has 0 fully saturated rings. The Morgan fingerprint density at radius 1 is 1.38 bits per heavy atom. The van der Waals surface area contributed by atoms with E-state index in [1.54, 1.807) is 7.11 Å². The zero-order chi connectivity index (χ0) is 14.8. The molecule has 0 radical (unpaired) electrons. The van der Waals surface area contributed by atoms with Gasteiger partial charge in [0.2, 0.25) is 0 Å². The smallest absolute Gasteiger partial charge is 0.170 e. The summed E-state index contributed by atoms with van der Waals surface area (Å²) in [5, 5.41) is 7.70. The fourth-order valence-electron chi connectivity index (χ4n) is 2.83. The van der Waals surface area contributed by atoms with Crippen LogP contribution in [0, 0.1) is 0 Å². The number of nitrogens with zero attached hydrogens (tertiary/aromatic N) is 2. The maximum Gasteiger partial charge on any atom is 0.170 e. The van der Waals surface area contributed by atoms with Crippen molar-refractivity contribution in [2.45, 2.75) is 19.9 Å². The first-order chi connectivity index (χ1) is 10.2. The van der Waals surface area contributed by atoms with Gasteiger partial charge in [0.05, 0.1) is 13.7 Å². The minimum atomic E-state index is 0.612. The number of methoxy groups -OCH3 is 1. The monoisotopic (exact) mass is 287 g/mol. The largest absolute Gasteiger partial charge is 0.492 e. The van der Waals surface area contributed by atoms with Gasteiger partial charge in [-0.05, 0) is 26.1 Å². The van der Waals surface area contributed by atoms with Crippen LogP contribution in [-0.2, 0) is 13.0 Å². The SMILES string of the molecule is CCOc1cccc(-c2n[nH]c3c2CN(C)CC3)c1OC. The fraction of sp³-hybridized carbons (Fsp3) is 0.438. The number of likely N-dealkylation sites (N-methyl/N-ethyl adjacent to an activating group) is 1. The van der Waals surface area contributed by atoms with Crippen molar-refractivity contribution in [3.05, 3.63) is 29.5 Å². The highest BCUT2D eigenvalue weighted by Crippen LogP contribution is 2.39. The summed E-state index contributed by atoms with van der Waals surface area (Å²) in [7, 11) is 3.81. The second-order valence-corrected chi connectivity index (χ2v) is 5.29. The van der Waals surface area contributed by atoms with Gasteiger partial charge in [-0.1, -0.05) is 6.07 Å². The average molecular weight is 287 g/mol. The van der Waals surface area contributed by atoms with Gasteiger partial charge in [-0.15, -0.1) is 0 Å². The molecule has 0 atom stereocenters. The summed E-state index contributed by atoms with van der Waals surface area (Å²) >= 11 is 0. The van der Waals surface area contributed by atoms with Crippen LogP contribution in [0.15, 0.2) is 18.2 Å². The van der Waals surface area contributed by atoms with Crippen molar-refractivity contribution < 1.29 is 9.47 Å². The number of aromatic amines is 1. The highest BCUT2D eigenvalue weighted by Gasteiger charge is 2.23. The predicted octanol–water partition coefficient (Wildman–Crippen LogP) is 2.47. The number of nitrogens with one attached hydrogen (secondary N) is 1. The molecule has 1 N–H and O–H groups in total. The highest BCUT2D eigenvalue weighted by atomic mass is 16.5. The van der Waals surface area contributed by atoms with Gasteiger partial charge in [-0.25, -0.2) is 0 Å². The maximum atomic E-state index is 5.66. The van der Waals surface area contributed by atoms with E-state index in [4.69, 9.17) is 9.47 Å². The van der Waals surface area contributed by atoms with Crippen LogP contribution in [0.1, 0.15) is 18.2 Å². The summed E-state index contributed by atoms with van der Waals surface area (Å²) in [6.07, 6.45) is 1.01. The first-order valence-electron chi connectivity index (χ1n) is 7.29. The summed E-state index contributed by atoms with van der Waals surface area (Å²) in [5.41, 5.74) is 4.44. The number of ether oxygens (including phenoxy) is 2. The molecular weight excluding hydrogens is 266 g/mol. The van der Waals surface area contributed by atoms with E-state index in [1.165, 1.54) is 11.3 Å². The molecule has 0 bridgehead atoms. The Morgan fingerprint density at radius 2 is 2.24 bits per heavy atom. The van der Waals surface area contributed by atoms with Crippen molar-refractivity contribution in [1.29, 1.82) is 0 Å². The van der Waals surface area contributed by atoms with Crippen LogP contribution >= 0.6 is 0 Å². The molecular formula is C16H21N3O2. The third-order valence-corrected chi connectivity index (χ3v) is 3.86. The highest BCUT2D eigenvalue weighted by molar-refractivity contribution is 5.74. The van der Waals surface area contributed by atoms with Crippen molar-refractivity contribution in [3.8, 4) is 22.8 Å². The second kappa shape index (κ2) is 5.77. The topological polar surface area (TPSA) is 50.4 Å². The number of fused-ring (bicyclic) bond motifs is 1. The molecule has 1 aliphatic rings. The Hall–Kier alpha value is -2.01. The number of aromatic nitrogens is 2. The molecule has 112 valence electrons. The van der Waals surface area contributed by atoms with E-state index in [0.717, 1.165) is 42.3 Å². The third kappa shape index (κ3) is 2.49. The van der Waals surface area contributed by atoms with Crippen molar-refractivity contribution >= 4 is 0 Å². The molecule has 1 aromatic carbocycles. The number of hydrogen-bond acceptors (Lipinski definition) is 4. The van der Waals surface area contributed by atoms with Gasteiger partial charge in [-0.2, -0.15) is 5.10 Å². The van der Waals surface area contributed by atoms with E-state index < -0.39 is 0 Å². The molecule has 0 saturated carbocycles. The summed E-state index contributed by atoms with van der Waals surface area (Å²) in [5.74, 6) is 1.51. The van der Waals surface area contributed by atoms with E-state index in [-0.39, 0.29) is 0 Å². The molecule has 0 unspecified atom stereocenters. The van der Waals surface area contributed by atoms with Crippen molar-refractivity contribution in [3.63, 3.8) is 0 Å². The Kier molecular flexibility index (Phi) is 3.84. The van der Waals surface area contributed by atoms with Crippen molar-refractivity contribution in [2.24, 2.45) is 0 Å². The molecule has 5 nitrogen and oxygen atoms in total. The second-order valence-electron chi connectivity index (χ2n) is 5.29. The first-order valence-corrected chi connectivity index (χ1v) is 7.29. The Bertz CT molecular complexity index is 636. The van der Waals surface area contributed by atoms with E-state index in [2.05, 4.69) is 22.1 Å². The van der Waals surface area contributed by atoms with Crippen LogP contribution in [-0.4, -0.2) is 42.4 Å². The molecule has 1 aliphatic heterocycles. The number of hydrogen-bond donors (Lipinski definition) is 1. The van der Waals surface area contributed by atoms with Crippen LogP contribution in [0.25, 0.3) is 11.3 Å². The van der Waals surface area contributed by atoms with E-state index in [1.807, 2.05) is 25.1 Å². The Labute approximate surface area is 124 Å². The zero-order valence-electron chi connectivity index (χ0n) is 12.8. The molecule has 0 saturated heterocycles. The standard InChI is InChI=1S/C16H21N3O2/c1-4-21-14-7-5-6-11(16(14)20-3)15-12-10-19(2)9-8-13(12)17-18-15/h5-7H,4,8-10H2,1-3H3,(H,17,18). The minimum Gasteiger partial charge on any atom is -0.492 e. The van der Waals surface area contributed by atoms with Gasteiger partial charge >= 0.3 is 0 Å². The number of benzene rings is 1. The Morgan fingerprint density at radius 3 is 3.00 bits per heavy atom. The fourth-order valence-corrected chi connectivity index (χ4v) is 2.83. The maximum absolute atomic E-state index is 5.66. The third-order valence-electron chi connectivity index (χ3n) is 3.86. The quantitative estimate of drug-likeness (QED) is 0.938. The molecule has 2 heterocycles. The van der Waals surface area contributed by atoms with Crippen LogP contribution < -0.4 is 9.47 Å². The van der Waals surface area contributed by atoms with Crippen LogP contribution in [0.5, 0.6) is 11.5 Å². The zero-order valence-corrected chi connectivity index (χ0v) is 12.8. The summed E-state index contributed by atoms with van der Waals surface area (Å²) in [6.45, 7) is 4.55. The molecule has 0 aliphatic carbocycles. The first kappa shape index (κ1) is 13.9. The predicted molar refractivity (Wildman–Crippen MR) is 81.8 cm³/mol. The lowest BCUT2D eigenvalue weighted by atomic mass is 10.0. The lowest BCUT2D eigenvalue weighted by Crippen LogP contribution is -2.26. The van der Waals surface area contributed by atoms with Crippen LogP contribution in [0.4, 0.5) is 0 Å². The Balaban J connectivity index is 2.09. The average Bonchev–Trinajstić information content (AvgIpc) is 2.90. The minimum absolute atomic E-state index is 0.612. The molecule has 5 heteroatoms. The van der Waals surface area contributed by atoms with Crippen LogP contribution in [0.2, 0.25) is 0 Å². The van der Waals surface area contributed by atoms with Gasteiger partial charge in [0, 0.05) is 36.3 Å². The molecule has 21 heavy (non-hydrogen) atoms. The molecule has 2 aromatic rings. The number of para-hydroxylation sites is 1.